The molecule has 0 spiro atoms. The van der Waals surface area contributed by atoms with Gasteiger partial charge < -0.3 is 16.1 Å². The van der Waals surface area contributed by atoms with Crippen LogP contribution in [0.25, 0.3) is 5.41 Å². The Labute approximate surface area is 86.0 Å². The molecule has 0 saturated heterocycles. The molecule has 0 aliphatic heterocycles. The maximum absolute atomic E-state index is 8.63. The molecule has 10 heavy (non-hydrogen) atoms. The Kier molecular flexibility index (Phi) is 27.6. The van der Waals surface area contributed by atoms with Crippen molar-refractivity contribution in [1.29, 1.82) is 0 Å². The van der Waals surface area contributed by atoms with Gasteiger partial charge in [-0.3, -0.25) is 4.55 Å². The number of nitrogens with zero attached hydrogens (tertiary/aromatic N) is 1. The van der Waals surface area contributed by atoms with Crippen LogP contribution in [0.5, 0.6) is 0 Å². The van der Waals surface area contributed by atoms with Gasteiger partial charge in [0, 0.05) is 0 Å². The van der Waals surface area contributed by atoms with Gasteiger partial charge in [-0.25, -0.2) is 8.42 Å². The molecular weight excluding hydrogens is 191 g/mol. The third-order valence-corrected chi connectivity index (χ3v) is 0. The Hall–Kier alpha value is 0.630. The van der Waals surface area contributed by atoms with Crippen molar-refractivity contribution in [2.45, 2.75) is 0 Å². The van der Waals surface area contributed by atoms with Crippen LogP contribution in [0.15, 0.2) is 0 Å². The standard InChI is InChI=1S/CNS.H3N.Na.H2O4S/c2-1-3;;;1-5(2,3)4/h;1H3;;(H2,1,2,3,4)/q-1;;+1;. The van der Waals surface area contributed by atoms with E-state index in [-0.39, 0.29) is 35.7 Å². The summed E-state index contributed by atoms with van der Waals surface area (Å²) in [5.74, 6) is 0. The van der Waals surface area contributed by atoms with E-state index < -0.39 is 10.4 Å². The molecule has 0 atom stereocenters. The maximum atomic E-state index is 8.63. The molecule has 0 rings (SSSR count). The van der Waals surface area contributed by atoms with E-state index in [9.17, 15) is 0 Å². The number of hydrogen-bond acceptors (Lipinski definition) is 4. The molecule has 0 fully saturated rings. The van der Waals surface area contributed by atoms with Crippen molar-refractivity contribution in [3.63, 3.8) is 0 Å². The topological polar surface area (TPSA) is 136 Å². The van der Waals surface area contributed by atoms with Gasteiger partial charge in [-0.15, -0.1) is 0 Å². The molecule has 0 aromatic rings. The first kappa shape index (κ1) is 22.4. The van der Waals surface area contributed by atoms with E-state index in [0.29, 0.717) is 0 Å². The zero-order valence-electron chi connectivity index (χ0n) is 5.44. The predicted octanol–water partition coefficient (Wildman–Crippen LogP) is -2.96. The second-order valence-electron chi connectivity index (χ2n) is 0.519. The SMILES string of the molecule is O=S(=O)([O-])O.[N-]=C=S.[NH4+].[Na+]. The molecule has 9 heteroatoms. The average Bonchev–Trinajstić information content (AvgIpc) is 1.27. The van der Waals surface area contributed by atoms with E-state index >= 15 is 0 Å². The maximum Gasteiger partial charge on any atom is 1.00 e. The van der Waals surface area contributed by atoms with Crippen LogP contribution in [0.2, 0.25) is 0 Å². The van der Waals surface area contributed by atoms with Crippen LogP contribution in [0, 0.1) is 0 Å². The molecule has 0 heterocycles. The fraction of sp³-hybridized carbons (Fsp3) is 0. The van der Waals surface area contributed by atoms with Gasteiger partial charge >= 0.3 is 29.6 Å². The molecule has 0 radical (unpaired) electrons. The molecule has 0 amide bonds. The van der Waals surface area contributed by atoms with Crippen LogP contribution in [-0.2, 0) is 10.4 Å². The van der Waals surface area contributed by atoms with Crippen LogP contribution >= 0.6 is 12.2 Å². The quantitative estimate of drug-likeness (QED) is 0.140. The number of quaternary nitrogens is 1. The molecule has 0 aromatic heterocycles. The summed E-state index contributed by atoms with van der Waals surface area (Å²) >= 11 is 3.70. The largest absolute Gasteiger partial charge is 1.00 e. The number of rotatable bonds is 0. The first-order chi connectivity index (χ1) is 3.41. The smallest absolute Gasteiger partial charge is 0.753 e. The van der Waals surface area contributed by atoms with E-state index in [1.807, 2.05) is 0 Å². The molecule has 0 bridgehead atoms. The monoisotopic (exact) mass is 196 g/mol. The van der Waals surface area contributed by atoms with E-state index in [4.69, 9.17) is 22.9 Å². The third kappa shape index (κ3) is 1270. The Morgan fingerprint density at radius 2 is 1.60 bits per heavy atom. The summed E-state index contributed by atoms with van der Waals surface area (Å²) in [6.07, 6.45) is 0. The van der Waals surface area contributed by atoms with Gasteiger partial charge in [-0.2, -0.15) is 5.16 Å². The van der Waals surface area contributed by atoms with E-state index in [1.54, 1.807) is 0 Å². The summed E-state index contributed by atoms with van der Waals surface area (Å²) < 4.78 is 32.8. The van der Waals surface area contributed by atoms with E-state index in [0.717, 1.165) is 0 Å². The molecule has 0 saturated carbocycles. The molecule has 56 valence electrons. The number of isothiocyanates is 1. The zero-order chi connectivity index (χ0) is 7.21. The normalized spacial score (nSPS) is 6.60. The summed E-state index contributed by atoms with van der Waals surface area (Å²) in [4.78, 5) is 0. The minimum atomic E-state index is -4.92. The molecule has 0 aliphatic carbocycles. The van der Waals surface area contributed by atoms with E-state index in [1.165, 1.54) is 5.16 Å². The van der Waals surface area contributed by atoms with Gasteiger partial charge in [0.25, 0.3) is 0 Å². The van der Waals surface area contributed by atoms with Crippen LogP contribution in [0.1, 0.15) is 0 Å². The van der Waals surface area contributed by atoms with Crippen molar-refractivity contribution in [2.75, 3.05) is 0 Å². The predicted molar refractivity (Wildman–Crippen MR) is 34.3 cm³/mol. The molecule has 5 N–H and O–H groups in total. The van der Waals surface area contributed by atoms with Crippen molar-refractivity contribution in [3.05, 3.63) is 5.41 Å². The van der Waals surface area contributed by atoms with Crippen molar-refractivity contribution < 1.29 is 47.1 Å². The average molecular weight is 196 g/mol. The van der Waals surface area contributed by atoms with Crippen molar-refractivity contribution in [1.82, 2.24) is 6.15 Å². The minimum absolute atomic E-state index is 0. The molecular formula is CH5N2NaO4S2. The second kappa shape index (κ2) is 12.3. The molecule has 0 aromatic carbocycles. The Bertz CT molecular complexity index is 162. The number of hydrogen-bond donors (Lipinski definition) is 2. The van der Waals surface area contributed by atoms with E-state index in [2.05, 4.69) is 12.2 Å². The van der Waals surface area contributed by atoms with Crippen molar-refractivity contribution in [2.24, 2.45) is 0 Å². The molecule has 0 aliphatic rings. The minimum Gasteiger partial charge on any atom is -0.753 e. The summed E-state index contributed by atoms with van der Waals surface area (Å²) in [7, 11) is -4.92. The fourth-order valence-corrected chi connectivity index (χ4v) is 0. The Balaban J connectivity index is -0.0000000326. The first-order valence-corrected chi connectivity index (χ1v) is 2.88. The van der Waals surface area contributed by atoms with Gasteiger partial charge in [0.2, 0.25) is 10.4 Å². The summed E-state index contributed by atoms with van der Waals surface area (Å²) in [5.41, 5.74) is 0. The van der Waals surface area contributed by atoms with Crippen molar-refractivity contribution in [3.8, 4) is 0 Å². The fourth-order valence-electron chi connectivity index (χ4n) is 0. The molecule has 6 nitrogen and oxygen atoms in total. The third-order valence-electron chi connectivity index (χ3n) is 0. The summed E-state index contributed by atoms with van der Waals surface area (Å²) in [5, 5.41) is 8.47. The van der Waals surface area contributed by atoms with Gasteiger partial charge in [-0.1, -0.05) is 12.2 Å². The van der Waals surface area contributed by atoms with Crippen molar-refractivity contribution >= 4 is 27.8 Å². The van der Waals surface area contributed by atoms with Crippen LogP contribution in [-0.4, -0.2) is 22.7 Å². The van der Waals surface area contributed by atoms with Gasteiger partial charge in [0.05, 0.1) is 0 Å². The van der Waals surface area contributed by atoms with Crippen LogP contribution < -0.4 is 35.7 Å². The summed E-state index contributed by atoms with van der Waals surface area (Å²) in [6, 6.07) is 0. The summed E-state index contributed by atoms with van der Waals surface area (Å²) in [6.45, 7) is 0. The molecule has 0 unspecified atom stereocenters. The van der Waals surface area contributed by atoms with Gasteiger partial charge in [-0.05, 0) is 0 Å². The number of thiocarbonyl (C=S) groups is 1. The first-order valence-electron chi connectivity index (χ1n) is 1.11. The van der Waals surface area contributed by atoms with Gasteiger partial charge in [0.1, 0.15) is 0 Å². The Morgan fingerprint density at radius 3 is 1.60 bits per heavy atom. The van der Waals surface area contributed by atoms with Gasteiger partial charge in [0.15, 0.2) is 0 Å². The van der Waals surface area contributed by atoms with Crippen LogP contribution in [0.3, 0.4) is 0 Å². The second-order valence-corrected chi connectivity index (χ2v) is 1.56. The zero-order valence-corrected chi connectivity index (χ0v) is 9.07. The van der Waals surface area contributed by atoms with Crippen LogP contribution in [0.4, 0.5) is 0 Å². The Morgan fingerprint density at radius 1 is 1.60 bits per heavy atom.